The first kappa shape index (κ1) is 22.4. The standard InChI is InChI=1S/C27H17ClO7/c1-32-26(30)16-4-2-15(3-5-16)14-33-19-7-8-20-21(13-25(29)34-24(20)12-19)22-11-17-10-18(28)6-9-23(17)35-27(22)31/h2-13H,14H2,1H3. The summed E-state index contributed by atoms with van der Waals surface area (Å²) in [6.45, 7) is 0.228. The van der Waals surface area contributed by atoms with Gasteiger partial charge < -0.3 is 18.3 Å². The minimum Gasteiger partial charge on any atom is -0.489 e. The Bertz CT molecular complexity index is 1700. The summed E-state index contributed by atoms with van der Waals surface area (Å²) in [5, 5.41) is 1.68. The van der Waals surface area contributed by atoms with Crippen LogP contribution in [0.3, 0.4) is 0 Å². The van der Waals surface area contributed by atoms with E-state index < -0.39 is 17.2 Å². The second kappa shape index (κ2) is 9.12. The molecular formula is C27H17ClO7. The van der Waals surface area contributed by atoms with Gasteiger partial charge in [-0.25, -0.2) is 14.4 Å². The van der Waals surface area contributed by atoms with Gasteiger partial charge >= 0.3 is 17.2 Å². The summed E-state index contributed by atoms with van der Waals surface area (Å²) in [4.78, 5) is 36.6. The topological polar surface area (TPSA) is 96.0 Å². The van der Waals surface area contributed by atoms with E-state index in [2.05, 4.69) is 0 Å². The van der Waals surface area contributed by atoms with E-state index >= 15 is 0 Å². The maximum Gasteiger partial charge on any atom is 0.344 e. The number of ether oxygens (including phenoxy) is 2. The molecule has 0 aliphatic carbocycles. The van der Waals surface area contributed by atoms with Gasteiger partial charge in [0.2, 0.25) is 0 Å². The Labute approximate surface area is 203 Å². The zero-order valence-corrected chi connectivity index (χ0v) is 19.1. The van der Waals surface area contributed by atoms with Gasteiger partial charge in [-0.2, -0.15) is 0 Å². The third kappa shape index (κ3) is 4.54. The van der Waals surface area contributed by atoms with E-state index in [0.717, 1.165) is 5.56 Å². The number of esters is 1. The van der Waals surface area contributed by atoms with Crippen LogP contribution < -0.4 is 16.0 Å². The largest absolute Gasteiger partial charge is 0.489 e. The molecule has 0 saturated carbocycles. The lowest BCUT2D eigenvalue weighted by atomic mass is 10.0. The Morgan fingerprint density at radius 3 is 2.43 bits per heavy atom. The first-order valence-electron chi connectivity index (χ1n) is 10.5. The fraction of sp³-hybridized carbons (Fsp3) is 0.0741. The van der Waals surface area contributed by atoms with Crippen LogP contribution in [0.4, 0.5) is 0 Å². The van der Waals surface area contributed by atoms with Gasteiger partial charge in [0, 0.05) is 33.5 Å². The highest BCUT2D eigenvalue weighted by Gasteiger charge is 2.15. The molecule has 7 nitrogen and oxygen atoms in total. The van der Waals surface area contributed by atoms with Gasteiger partial charge in [-0.3, -0.25) is 0 Å². The molecule has 0 N–H and O–H groups in total. The molecule has 8 heteroatoms. The minimum atomic E-state index is -0.617. The predicted molar refractivity (Wildman–Crippen MR) is 131 cm³/mol. The Balaban J connectivity index is 1.48. The van der Waals surface area contributed by atoms with Gasteiger partial charge in [-0.15, -0.1) is 0 Å². The summed E-state index contributed by atoms with van der Waals surface area (Å²) < 4.78 is 21.3. The lowest BCUT2D eigenvalue weighted by Crippen LogP contribution is -2.06. The van der Waals surface area contributed by atoms with Crippen LogP contribution in [-0.4, -0.2) is 13.1 Å². The molecule has 35 heavy (non-hydrogen) atoms. The highest BCUT2D eigenvalue weighted by Crippen LogP contribution is 2.30. The number of hydrogen-bond acceptors (Lipinski definition) is 7. The second-order valence-corrected chi connectivity index (χ2v) is 8.18. The molecule has 0 aliphatic heterocycles. The van der Waals surface area contributed by atoms with Crippen molar-refractivity contribution in [2.75, 3.05) is 7.11 Å². The maximum atomic E-state index is 12.7. The molecule has 0 saturated heterocycles. The number of carbonyl (C=O) groups excluding carboxylic acids is 1. The van der Waals surface area contributed by atoms with Crippen LogP contribution >= 0.6 is 11.6 Å². The molecule has 0 radical (unpaired) electrons. The van der Waals surface area contributed by atoms with E-state index in [1.165, 1.54) is 13.2 Å². The highest BCUT2D eigenvalue weighted by atomic mass is 35.5. The van der Waals surface area contributed by atoms with Crippen molar-refractivity contribution in [2.45, 2.75) is 6.61 Å². The zero-order chi connectivity index (χ0) is 24.5. The SMILES string of the molecule is COC(=O)c1ccc(COc2ccc3c(-c4cc5cc(Cl)ccc5oc4=O)cc(=O)oc3c2)cc1. The van der Waals surface area contributed by atoms with Crippen LogP contribution in [0.1, 0.15) is 15.9 Å². The monoisotopic (exact) mass is 488 g/mol. The lowest BCUT2D eigenvalue weighted by Gasteiger charge is -2.10. The van der Waals surface area contributed by atoms with Crippen molar-refractivity contribution in [3.8, 4) is 16.9 Å². The molecule has 0 amide bonds. The Kier molecular flexibility index (Phi) is 5.84. The van der Waals surface area contributed by atoms with Crippen LogP contribution in [0.2, 0.25) is 5.02 Å². The van der Waals surface area contributed by atoms with E-state index in [1.807, 2.05) is 0 Å². The molecule has 0 atom stereocenters. The summed E-state index contributed by atoms with van der Waals surface area (Å²) in [7, 11) is 1.32. The second-order valence-electron chi connectivity index (χ2n) is 7.74. The molecule has 2 aromatic heterocycles. The van der Waals surface area contributed by atoms with Crippen molar-refractivity contribution in [1.29, 1.82) is 0 Å². The number of methoxy groups -OCH3 is 1. The van der Waals surface area contributed by atoms with Crippen LogP contribution in [0.25, 0.3) is 33.1 Å². The van der Waals surface area contributed by atoms with Crippen molar-refractivity contribution in [2.24, 2.45) is 0 Å². The number of benzene rings is 3. The molecule has 5 aromatic rings. The maximum absolute atomic E-state index is 12.7. The van der Waals surface area contributed by atoms with Crippen molar-refractivity contribution in [3.63, 3.8) is 0 Å². The van der Waals surface area contributed by atoms with E-state index in [0.29, 0.717) is 38.3 Å². The molecule has 0 aliphatic rings. The zero-order valence-electron chi connectivity index (χ0n) is 18.4. The Hall–Kier alpha value is -4.36. The van der Waals surface area contributed by atoms with Gasteiger partial charge in [-0.1, -0.05) is 23.7 Å². The fourth-order valence-electron chi connectivity index (χ4n) is 3.76. The molecule has 0 unspecified atom stereocenters. The van der Waals surface area contributed by atoms with Crippen molar-refractivity contribution in [1.82, 2.24) is 0 Å². The summed E-state index contributed by atoms with van der Waals surface area (Å²) in [6.07, 6.45) is 0. The highest BCUT2D eigenvalue weighted by molar-refractivity contribution is 6.31. The summed E-state index contributed by atoms with van der Waals surface area (Å²) >= 11 is 6.08. The predicted octanol–water partition coefficient (Wildman–Crippen LogP) is 5.59. The lowest BCUT2D eigenvalue weighted by molar-refractivity contribution is 0.0600. The summed E-state index contributed by atoms with van der Waals surface area (Å²) in [5.41, 5.74) is 1.34. The van der Waals surface area contributed by atoms with Gasteiger partial charge in [0.05, 0.1) is 18.2 Å². The third-order valence-electron chi connectivity index (χ3n) is 5.48. The molecule has 0 bridgehead atoms. The smallest absolute Gasteiger partial charge is 0.344 e. The molecule has 174 valence electrons. The summed E-state index contributed by atoms with van der Waals surface area (Å²) in [6, 6.07) is 19.7. The van der Waals surface area contributed by atoms with Crippen LogP contribution in [0.15, 0.2) is 91.2 Å². The fourth-order valence-corrected chi connectivity index (χ4v) is 3.94. The normalized spacial score (nSPS) is 11.0. The van der Waals surface area contributed by atoms with E-state index in [9.17, 15) is 14.4 Å². The van der Waals surface area contributed by atoms with Gasteiger partial charge in [-0.05, 0) is 54.1 Å². The average molecular weight is 489 g/mol. The number of fused-ring (bicyclic) bond motifs is 2. The third-order valence-corrected chi connectivity index (χ3v) is 5.72. The first-order valence-corrected chi connectivity index (χ1v) is 10.9. The Morgan fingerprint density at radius 2 is 1.66 bits per heavy atom. The quantitative estimate of drug-likeness (QED) is 0.235. The number of rotatable bonds is 5. The van der Waals surface area contributed by atoms with Crippen molar-refractivity contribution >= 4 is 39.5 Å². The van der Waals surface area contributed by atoms with Crippen LogP contribution in [0, 0.1) is 0 Å². The minimum absolute atomic E-state index is 0.219. The number of hydrogen-bond donors (Lipinski definition) is 0. The van der Waals surface area contributed by atoms with Gasteiger partial charge in [0.1, 0.15) is 23.5 Å². The average Bonchev–Trinajstić information content (AvgIpc) is 2.86. The van der Waals surface area contributed by atoms with Crippen molar-refractivity contribution in [3.05, 3.63) is 110 Å². The molecular weight excluding hydrogens is 472 g/mol. The van der Waals surface area contributed by atoms with E-state index in [-0.39, 0.29) is 17.8 Å². The van der Waals surface area contributed by atoms with E-state index in [1.54, 1.807) is 66.7 Å². The van der Waals surface area contributed by atoms with Crippen molar-refractivity contribution < 1.29 is 23.1 Å². The molecule has 3 aromatic carbocycles. The molecule has 0 spiro atoms. The van der Waals surface area contributed by atoms with E-state index in [4.69, 9.17) is 29.9 Å². The van der Waals surface area contributed by atoms with Gasteiger partial charge in [0.15, 0.2) is 0 Å². The number of carbonyl (C=O) groups is 1. The van der Waals surface area contributed by atoms with Crippen LogP contribution in [-0.2, 0) is 11.3 Å². The van der Waals surface area contributed by atoms with Crippen LogP contribution in [0.5, 0.6) is 5.75 Å². The molecule has 2 heterocycles. The summed E-state index contributed by atoms with van der Waals surface area (Å²) in [5.74, 6) is 0.0496. The Morgan fingerprint density at radius 1 is 0.857 bits per heavy atom. The van der Waals surface area contributed by atoms with Gasteiger partial charge in [0.25, 0.3) is 0 Å². The molecule has 5 rings (SSSR count). The molecule has 0 fully saturated rings. The number of halogens is 1. The first-order chi connectivity index (χ1) is 16.9.